The monoisotopic (exact) mass is 239 g/mol. The number of hydrogen-bond acceptors (Lipinski definition) is 1. The minimum absolute atomic E-state index is 0.201. The summed E-state index contributed by atoms with van der Waals surface area (Å²) in [5.41, 5.74) is -0.204. The van der Waals surface area contributed by atoms with Crippen molar-refractivity contribution in [2.24, 2.45) is 0 Å². The van der Waals surface area contributed by atoms with Crippen LogP contribution in [0.3, 0.4) is 0 Å². The lowest BCUT2D eigenvalue weighted by Gasteiger charge is -2.01. The van der Waals surface area contributed by atoms with Crippen molar-refractivity contribution in [3.8, 4) is 0 Å². The molecule has 1 heterocycles. The molecule has 0 amide bonds. The number of pyridine rings is 1. The van der Waals surface area contributed by atoms with Crippen LogP contribution in [0, 0.1) is 0 Å². The van der Waals surface area contributed by atoms with Crippen LogP contribution >= 0.6 is 15.9 Å². The molecule has 0 bridgehead atoms. The number of hydrogen-bond donors (Lipinski definition) is 0. The molecule has 1 rings (SSSR count). The maximum absolute atomic E-state index is 12.1. The highest BCUT2D eigenvalue weighted by molar-refractivity contribution is 9.10. The molecule has 1 aromatic rings. The number of alkyl halides is 3. The van der Waals surface area contributed by atoms with Gasteiger partial charge in [0.1, 0.15) is 17.0 Å². The van der Waals surface area contributed by atoms with Crippen LogP contribution in [-0.4, -0.2) is 4.98 Å². The third-order valence-corrected chi connectivity index (χ3v) is 1.66. The van der Waals surface area contributed by atoms with E-state index in [4.69, 9.17) is 0 Å². The van der Waals surface area contributed by atoms with Crippen molar-refractivity contribution in [1.82, 2.24) is 4.98 Å². The summed E-state index contributed by atoms with van der Waals surface area (Å²) in [6.07, 6.45) is -2.66. The lowest BCUT2D eigenvalue weighted by atomic mass is 10.2. The molecule has 0 fully saturated rings. The van der Waals surface area contributed by atoms with Gasteiger partial charge in [0, 0.05) is 0 Å². The normalized spacial score (nSPS) is 10.8. The van der Waals surface area contributed by atoms with Gasteiger partial charge in [-0.3, -0.25) is 0 Å². The number of rotatable bonds is 2. The van der Waals surface area contributed by atoms with Crippen LogP contribution in [0.4, 0.5) is 13.2 Å². The molecule has 0 aliphatic heterocycles. The Balaban J connectivity index is 3.06. The van der Waals surface area contributed by atoms with Crippen molar-refractivity contribution in [3.63, 3.8) is 0 Å². The third kappa shape index (κ3) is 2.20. The van der Waals surface area contributed by atoms with Gasteiger partial charge in [0.25, 0.3) is 6.43 Å². The summed E-state index contributed by atoms with van der Waals surface area (Å²) in [5.74, 6) is 0. The quantitative estimate of drug-likeness (QED) is 0.723. The molecule has 0 radical (unpaired) electrons. The van der Waals surface area contributed by atoms with Gasteiger partial charge in [0.15, 0.2) is 0 Å². The standard InChI is InChI=1S/C7H5BrF3N/c8-6-2-4(3-9)1-5(12-6)7(10)11/h1-2,7H,3H2. The first-order valence-electron chi connectivity index (χ1n) is 3.14. The first kappa shape index (κ1) is 9.51. The molecule has 1 aromatic heterocycles. The molecule has 0 aliphatic rings. The van der Waals surface area contributed by atoms with Crippen LogP contribution in [0.25, 0.3) is 0 Å². The van der Waals surface area contributed by atoms with E-state index < -0.39 is 18.8 Å². The van der Waals surface area contributed by atoms with Crippen molar-refractivity contribution in [2.45, 2.75) is 13.1 Å². The second-order valence-electron chi connectivity index (χ2n) is 2.16. The predicted octanol–water partition coefficient (Wildman–Crippen LogP) is 3.25. The molecule has 0 saturated heterocycles. The second-order valence-corrected chi connectivity index (χ2v) is 2.97. The van der Waals surface area contributed by atoms with Crippen LogP contribution in [-0.2, 0) is 6.67 Å². The molecule has 0 aromatic carbocycles. The van der Waals surface area contributed by atoms with Gasteiger partial charge in [0.05, 0.1) is 0 Å². The Morgan fingerprint density at radius 1 is 1.42 bits per heavy atom. The molecule has 0 spiro atoms. The van der Waals surface area contributed by atoms with Gasteiger partial charge >= 0.3 is 0 Å². The SMILES string of the molecule is FCc1cc(Br)nc(C(F)F)c1. The Morgan fingerprint density at radius 3 is 2.58 bits per heavy atom. The van der Waals surface area contributed by atoms with Gasteiger partial charge in [-0.05, 0) is 33.6 Å². The molecule has 0 unspecified atom stereocenters. The van der Waals surface area contributed by atoms with Gasteiger partial charge in [0.2, 0.25) is 0 Å². The maximum Gasteiger partial charge on any atom is 0.280 e. The summed E-state index contributed by atoms with van der Waals surface area (Å²) in [6, 6.07) is 2.42. The fraction of sp³-hybridized carbons (Fsp3) is 0.286. The molecule has 66 valence electrons. The Labute approximate surface area is 75.7 Å². The van der Waals surface area contributed by atoms with Crippen LogP contribution < -0.4 is 0 Å². The van der Waals surface area contributed by atoms with E-state index in [-0.39, 0.29) is 10.2 Å². The highest BCUT2D eigenvalue weighted by atomic mass is 79.9. The zero-order valence-electron chi connectivity index (χ0n) is 5.90. The fourth-order valence-electron chi connectivity index (χ4n) is 0.761. The summed E-state index contributed by atoms with van der Waals surface area (Å²) < 4.78 is 36.4. The molecule has 0 aliphatic carbocycles. The first-order chi connectivity index (χ1) is 5.63. The highest BCUT2D eigenvalue weighted by Gasteiger charge is 2.10. The Kier molecular flexibility index (Phi) is 3.08. The Morgan fingerprint density at radius 2 is 2.08 bits per heavy atom. The maximum atomic E-state index is 12.1. The average molecular weight is 240 g/mol. The zero-order valence-corrected chi connectivity index (χ0v) is 7.48. The summed E-state index contributed by atoms with van der Waals surface area (Å²) >= 11 is 2.91. The zero-order chi connectivity index (χ0) is 9.14. The van der Waals surface area contributed by atoms with E-state index in [0.717, 1.165) is 6.07 Å². The largest absolute Gasteiger partial charge is 0.280 e. The topological polar surface area (TPSA) is 12.9 Å². The fourth-order valence-corrected chi connectivity index (χ4v) is 1.26. The highest BCUT2D eigenvalue weighted by Crippen LogP contribution is 2.21. The lowest BCUT2D eigenvalue weighted by molar-refractivity contribution is 0.145. The van der Waals surface area contributed by atoms with E-state index in [0.29, 0.717) is 0 Å². The second kappa shape index (κ2) is 3.89. The van der Waals surface area contributed by atoms with Crippen LogP contribution in [0.2, 0.25) is 0 Å². The molecule has 0 N–H and O–H groups in total. The molecule has 1 nitrogen and oxygen atoms in total. The summed E-state index contributed by atoms with van der Waals surface area (Å²) in [4.78, 5) is 3.48. The number of aromatic nitrogens is 1. The molecular formula is C7H5BrF3N. The van der Waals surface area contributed by atoms with Crippen molar-refractivity contribution in [2.75, 3.05) is 0 Å². The number of halogens is 4. The van der Waals surface area contributed by atoms with Crippen molar-refractivity contribution in [1.29, 1.82) is 0 Å². The van der Waals surface area contributed by atoms with E-state index in [1.165, 1.54) is 6.07 Å². The van der Waals surface area contributed by atoms with Crippen LogP contribution in [0.15, 0.2) is 16.7 Å². The van der Waals surface area contributed by atoms with Crippen molar-refractivity contribution >= 4 is 15.9 Å². The summed E-state index contributed by atoms with van der Waals surface area (Å²) in [6.45, 7) is -0.763. The molecular weight excluding hydrogens is 235 g/mol. The summed E-state index contributed by atoms with van der Waals surface area (Å²) in [7, 11) is 0. The van der Waals surface area contributed by atoms with Crippen LogP contribution in [0.5, 0.6) is 0 Å². The van der Waals surface area contributed by atoms with E-state index >= 15 is 0 Å². The average Bonchev–Trinajstić information content (AvgIpc) is 2.03. The molecule has 12 heavy (non-hydrogen) atoms. The Hall–Kier alpha value is -0.580. The molecule has 0 atom stereocenters. The summed E-state index contributed by atoms with van der Waals surface area (Å²) in [5, 5.41) is 0. The molecule has 0 saturated carbocycles. The number of nitrogens with zero attached hydrogens (tertiary/aromatic N) is 1. The smallest absolute Gasteiger partial charge is 0.246 e. The minimum atomic E-state index is -2.66. The third-order valence-electron chi connectivity index (χ3n) is 1.25. The van der Waals surface area contributed by atoms with E-state index in [1.54, 1.807) is 0 Å². The van der Waals surface area contributed by atoms with Gasteiger partial charge in [-0.1, -0.05) is 0 Å². The van der Waals surface area contributed by atoms with E-state index in [2.05, 4.69) is 20.9 Å². The molecule has 5 heteroatoms. The lowest BCUT2D eigenvalue weighted by Crippen LogP contribution is -1.92. The predicted molar refractivity (Wildman–Crippen MR) is 41.7 cm³/mol. The van der Waals surface area contributed by atoms with Gasteiger partial charge in [-0.25, -0.2) is 18.2 Å². The van der Waals surface area contributed by atoms with Crippen molar-refractivity contribution < 1.29 is 13.2 Å². The minimum Gasteiger partial charge on any atom is -0.246 e. The first-order valence-corrected chi connectivity index (χ1v) is 3.93. The van der Waals surface area contributed by atoms with Crippen LogP contribution in [0.1, 0.15) is 17.7 Å². The Bertz CT molecular complexity index is 277. The van der Waals surface area contributed by atoms with E-state index in [1.807, 2.05) is 0 Å². The van der Waals surface area contributed by atoms with E-state index in [9.17, 15) is 13.2 Å². The van der Waals surface area contributed by atoms with Crippen molar-refractivity contribution in [3.05, 3.63) is 28.0 Å². The van der Waals surface area contributed by atoms with Gasteiger partial charge < -0.3 is 0 Å². The van der Waals surface area contributed by atoms with Gasteiger partial charge in [-0.2, -0.15) is 0 Å². The van der Waals surface area contributed by atoms with Gasteiger partial charge in [-0.15, -0.1) is 0 Å².